The van der Waals surface area contributed by atoms with E-state index in [4.69, 9.17) is 9.72 Å². The van der Waals surface area contributed by atoms with Gasteiger partial charge in [-0.3, -0.25) is 4.98 Å². The molecule has 0 aliphatic carbocycles. The summed E-state index contributed by atoms with van der Waals surface area (Å²) < 4.78 is 5.47. The molecule has 2 aromatic heterocycles. The van der Waals surface area contributed by atoms with Gasteiger partial charge in [0.05, 0.1) is 18.8 Å². The summed E-state index contributed by atoms with van der Waals surface area (Å²) in [6, 6.07) is 9.31. The van der Waals surface area contributed by atoms with Crippen molar-refractivity contribution in [1.29, 1.82) is 0 Å². The van der Waals surface area contributed by atoms with Gasteiger partial charge in [0.1, 0.15) is 11.6 Å². The van der Waals surface area contributed by atoms with Gasteiger partial charge in [0.2, 0.25) is 0 Å². The SMILES string of the molecule is CCC[C@H](Nc1nc(-c2ccc(NC(=O)NCC)c(OC)c2)ncc1C)c1cccnc1.Cl. The van der Waals surface area contributed by atoms with E-state index in [1.54, 1.807) is 19.4 Å². The lowest BCUT2D eigenvalue weighted by Crippen LogP contribution is -2.28. The molecule has 0 saturated carbocycles. The van der Waals surface area contributed by atoms with Crippen molar-refractivity contribution in [1.82, 2.24) is 20.3 Å². The molecule has 1 aromatic carbocycles. The molecule has 0 spiro atoms. The molecule has 2 amide bonds. The first kappa shape index (κ1) is 25.9. The number of methoxy groups -OCH3 is 1. The van der Waals surface area contributed by atoms with Crippen LogP contribution in [-0.4, -0.2) is 34.6 Å². The van der Waals surface area contributed by atoms with Crippen LogP contribution in [0, 0.1) is 6.92 Å². The Hall–Kier alpha value is -3.39. The second-order valence-corrected chi connectivity index (χ2v) is 7.40. The largest absolute Gasteiger partial charge is 0.495 e. The predicted octanol–water partition coefficient (Wildman–Crippen LogP) is 5.37. The van der Waals surface area contributed by atoms with E-state index >= 15 is 0 Å². The van der Waals surface area contributed by atoms with Crippen LogP contribution in [-0.2, 0) is 0 Å². The molecular weight excluding hydrogens is 440 g/mol. The van der Waals surface area contributed by atoms with E-state index in [9.17, 15) is 4.79 Å². The number of nitrogens with zero attached hydrogens (tertiary/aromatic N) is 3. The van der Waals surface area contributed by atoms with E-state index in [-0.39, 0.29) is 24.5 Å². The lowest BCUT2D eigenvalue weighted by molar-refractivity contribution is 0.252. The van der Waals surface area contributed by atoms with Crippen molar-refractivity contribution in [2.24, 2.45) is 0 Å². The van der Waals surface area contributed by atoms with Gasteiger partial charge in [-0.1, -0.05) is 19.4 Å². The maximum Gasteiger partial charge on any atom is 0.319 e. The van der Waals surface area contributed by atoms with E-state index < -0.39 is 0 Å². The van der Waals surface area contributed by atoms with Crippen LogP contribution in [0.4, 0.5) is 16.3 Å². The molecule has 2 heterocycles. The molecule has 9 heteroatoms. The highest BCUT2D eigenvalue weighted by atomic mass is 35.5. The quantitative estimate of drug-likeness (QED) is 0.388. The molecule has 3 rings (SSSR count). The number of hydrogen-bond donors (Lipinski definition) is 3. The number of nitrogens with one attached hydrogen (secondary N) is 3. The Labute approximate surface area is 201 Å². The minimum Gasteiger partial charge on any atom is -0.495 e. The van der Waals surface area contributed by atoms with Crippen molar-refractivity contribution in [3.8, 4) is 17.1 Å². The van der Waals surface area contributed by atoms with Crippen LogP contribution in [0.5, 0.6) is 5.75 Å². The molecule has 1 atom stereocenters. The average Bonchev–Trinajstić information content (AvgIpc) is 2.81. The van der Waals surface area contributed by atoms with Gasteiger partial charge in [-0.15, -0.1) is 12.4 Å². The summed E-state index contributed by atoms with van der Waals surface area (Å²) in [7, 11) is 1.56. The van der Waals surface area contributed by atoms with E-state index in [2.05, 4.69) is 38.9 Å². The lowest BCUT2D eigenvalue weighted by Gasteiger charge is -2.20. The van der Waals surface area contributed by atoms with Crippen LogP contribution in [0.3, 0.4) is 0 Å². The predicted molar refractivity (Wildman–Crippen MR) is 134 cm³/mol. The van der Waals surface area contributed by atoms with Gasteiger partial charge >= 0.3 is 6.03 Å². The van der Waals surface area contributed by atoms with Crippen molar-refractivity contribution < 1.29 is 9.53 Å². The first-order chi connectivity index (χ1) is 15.5. The van der Waals surface area contributed by atoms with Gasteiger partial charge in [-0.2, -0.15) is 0 Å². The number of ether oxygens (including phenoxy) is 1. The Morgan fingerprint density at radius 1 is 1.18 bits per heavy atom. The molecule has 0 unspecified atom stereocenters. The summed E-state index contributed by atoms with van der Waals surface area (Å²) in [5, 5.41) is 9.06. The number of aryl methyl sites for hydroxylation is 1. The number of carbonyl (C=O) groups excluding carboxylic acids is 1. The molecule has 0 bridgehead atoms. The summed E-state index contributed by atoms with van der Waals surface area (Å²) in [6.45, 7) is 6.54. The number of halogens is 1. The fraction of sp³-hybridized carbons (Fsp3) is 0.333. The third-order valence-corrected chi connectivity index (χ3v) is 4.99. The average molecular weight is 471 g/mol. The van der Waals surface area contributed by atoms with Crippen molar-refractivity contribution in [3.63, 3.8) is 0 Å². The van der Waals surface area contributed by atoms with Gasteiger partial charge in [0, 0.05) is 36.3 Å². The van der Waals surface area contributed by atoms with Crippen LogP contribution in [0.25, 0.3) is 11.4 Å². The third kappa shape index (κ3) is 6.79. The second kappa shape index (κ2) is 12.6. The molecule has 3 N–H and O–H groups in total. The Kier molecular flexibility index (Phi) is 9.87. The lowest BCUT2D eigenvalue weighted by atomic mass is 10.0. The highest BCUT2D eigenvalue weighted by Gasteiger charge is 2.15. The molecule has 0 radical (unpaired) electrons. The number of carbonyl (C=O) groups is 1. The topological polar surface area (TPSA) is 101 Å². The summed E-state index contributed by atoms with van der Waals surface area (Å²) in [4.78, 5) is 25.4. The molecule has 176 valence electrons. The van der Waals surface area contributed by atoms with E-state index in [0.717, 1.165) is 35.3 Å². The maximum absolute atomic E-state index is 11.9. The van der Waals surface area contributed by atoms with Gasteiger partial charge in [-0.25, -0.2) is 14.8 Å². The smallest absolute Gasteiger partial charge is 0.319 e. The number of urea groups is 1. The first-order valence-corrected chi connectivity index (χ1v) is 10.8. The minimum atomic E-state index is -0.283. The highest BCUT2D eigenvalue weighted by Crippen LogP contribution is 2.31. The summed E-state index contributed by atoms with van der Waals surface area (Å²) >= 11 is 0. The summed E-state index contributed by atoms with van der Waals surface area (Å²) in [6.07, 6.45) is 7.46. The summed E-state index contributed by atoms with van der Waals surface area (Å²) in [5.41, 5.74) is 3.45. The standard InChI is InChI=1S/C24H30N6O2.ClH/c1-5-8-19(18-9-7-12-25-15-18)28-22-16(3)14-27-23(30-22)17-10-11-20(21(13-17)32-4)29-24(31)26-6-2;/h7,9-15,19H,5-6,8H2,1-4H3,(H2,26,29,31)(H,27,28,30);1H/t19-;/m0./s1. The molecule has 0 aliphatic heterocycles. The summed E-state index contributed by atoms with van der Waals surface area (Å²) in [5.74, 6) is 1.88. The molecule has 0 saturated heterocycles. The zero-order chi connectivity index (χ0) is 22.9. The number of pyridine rings is 1. The molecule has 3 aromatic rings. The van der Waals surface area contributed by atoms with Crippen LogP contribution in [0.15, 0.2) is 48.9 Å². The monoisotopic (exact) mass is 470 g/mol. The normalized spacial score (nSPS) is 11.2. The second-order valence-electron chi connectivity index (χ2n) is 7.40. The fourth-order valence-electron chi connectivity index (χ4n) is 3.35. The van der Waals surface area contributed by atoms with E-state index in [1.165, 1.54) is 0 Å². The van der Waals surface area contributed by atoms with Crippen LogP contribution in [0.2, 0.25) is 0 Å². The van der Waals surface area contributed by atoms with Gasteiger partial charge in [0.25, 0.3) is 0 Å². The molecular formula is C24H31ClN6O2. The zero-order valence-electron chi connectivity index (χ0n) is 19.4. The molecule has 0 fully saturated rings. The van der Waals surface area contributed by atoms with Crippen molar-refractivity contribution >= 4 is 29.9 Å². The first-order valence-electron chi connectivity index (χ1n) is 10.8. The molecule has 33 heavy (non-hydrogen) atoms. The van der Waals surface area contributed by atoms with Crippen LogP contribution < -0.4 is 20.7 Å². The minimum absolute atomic E-state index is 0. The van der Waals surface area contributed by atoms with Crippen molar-refractivity contribution in [3.05, 3.63) is 60.0 Å². The zero-order valence-corrected chi connectivity index (χ0v) is 20.2. The van der Waals surface area contributed by atoms with Gasteiger partial charge in [-0.05, 0) is 50.1 Å². The van der Waals surface area contributed by atoms with Crippen molar-refractivity contribution in [2.75, 3.05) is 24.3 Å². The Balaban J connectivity index is 0.00000385. The Morgan fingerprint density at radius 3 is 2.67 bits per heavy atom. The van der Waals surface area contributed by atoms with Gasteiger partial charge < -0.3 is 20.7 Å². The van der Waals surface area contributed by atoms with Crippen molar-refractivity contribution in [2.45, 2.75) is 39.7 Å². The molecule has 0 aliphatic rings. The highest BCUT2D eigenvalue weighted by molar-refractivity contribution is 5.91. The molecule has 8 nitrogen and oxygen atoms in total. The number of aromatic nitrogens is 3. The van der Waals surface area contributed by atoms with E-state index in [1.807, 2.05) is 44.4 Å². The number of amides is 2. The van der Waals surface area contributed by atoms with Crippen LogP contribution >= 0.6 is 12.4 Å². The van der Waals surface area contributed by atoms with E-state index in [0.29, 0.717) is 23.8 Å². The number of rotatable bonds is 9. The number of anilines is 2. The number of benzene rings is 1. The van der Waals surface area contributed by atoms with Gasteiger partial charge in [0.15, 0.2) is 5.82 Å². The van der Waals surface area contributed by atoms with Crippen LogP contribution in [0.1, 0.15) is 43.9 Å². The Bertz CT molecular complexity index is 1050. The fourth-order valence-corrected chi connectivity index (χ4v) is 3.35. The Morgan fingerprint density at radius 2 is 2.00 bits per heavy atom. The number of hydrogen-bond acceptors (Lipinski definition) is 6. The third-order valence-electron chi connectivity index (χ3n) is 4.99. The maximum atomic E-state index is 11.9.